The zero-order valence-corrected chi connectivity index (χ0v) is 12.4. The van der Waals surface area contributed by atoms with Crippen LogP contribution in [0.4, 0.5) is 0 Å². The standard InChI is InChI=1S/C16H15Cl2NO/c17-14-8-6-12(7-9-14)10-16(20)19-11-15(18)13-4-2-1-3-5-13/h1-9,15H,10-11H2,(H,19,20). The van der Waals surface area contributed by atoms with E-state index in [1.54, 1.807) is 12.1 Å². The molecule has 4 heteroatoms. The minimum atomic E-state index is -0.217. The Kier molecular flexibility index (Phi) is 5.45. The molecular formula is C16H15Cl2NO. The third-order valence-electron chi connectivity index (χ3n) is 2.92. The summed E-state index contributed by atoms with van der Waals surface area (Å²) in [6.07, 6.45) is 0.329. The Morgan fingerprint density at radius 1 is 1.05 bits per heavy atom. The van der Waals surface area contributed by atoms with Crippen molar-refractivity contribution in [1.82, 2.24) is 5.32 Å². The van der Waals surface area contributed by atoms with Crippen molar-refractivity contribution >= 4 is 29.1 Å². The Labute approximate surface area is 128 Å². The zero-order chi connectivity index (χ0) is 14.4. The predicted molar refractivity (Wildman–Crippen MR) is 83.2 cm³/mol. The second kappa shape index (κ2) is 7.32. The first-order chi connectivity index (χ1) is 9.65. The second-order valence-corrected chi connectivity index (χ2v) is 5.45. The summed E-state index contributed by atoms with van der Waals surface area (Å²) in [6.45, 7) is 0.415. The number of hydrogen-bond donors (Lipinski definition) is 1. The molecule has 0 saturated heterocycles. The topological polar surface area (TPSA) is 29.1 Å². The lowest BCUT2D eigenvalue weighted by molar-refractivity contribution is -0.120. The Hall–Kier alpha value is -1.51. The van der Waals surface area contributed by atoms with E-state index in [1.165, 1.54) is 0 Å². The Bertz CT molecular complexity index is 554. The van der Waals surface area contributed by atoms with Gasteiger partial charge in [0.05, 0.1) is 11.8 Å². The minimum Gasteiger partial charge on any atom is -0.354 e. The van der Waals surface area contributed by atoms with Crippen molar-refractivity contribution in [2.24, 2.45) is 0 Å². The van der Waals surface area contributed by atoms with Crippen LogP contribution in [-0.4, -0.2) is 12.5 Å². The molecule has 0 spiro atoms. The summed E-state index contributed by atoms with van der Waals surface area (Å²) in [5.74, 6) is -0.0473. The fraction of sp³-hybridized carbons (Fsp3) is 0.188. The van der Waals surface area contributed by atoms with Crippen LogP contribution in [0, 0.1) is 0 Å². The maximum Gasteiger partial charge on any atom is 0.224 e. The van der Waals surface area contributed by atoms with Crippen LogP contribution in [0.25, 0.3) is 0 Å². The van der Waals surface area contributed by atoms with Crippen LogP contribution in [0.15, 0.2) is 54.6 Å². The van der Waals surface area contributed by atoms with Crippen molar-refractivity contribution in [2.45, 2.75) is 11.8 Å². The van der Waals surface area contributed by atoms with Gasteiger partial charge >= 0.3 is 0 Å². The van der Waals surface area contributed by atoms with E-state index in [1.807, 2.05) is 42.5 Å². The molecule has 2 nitrogen and oxygen atoms in total. The summed E-state index contributed by atoms with van der Waals surface area (Å²) in [5, 5.41) is 3.29. The highest BCUT2D eigenvalue weighted by Crippen LogP contribution is 2.18. The molecule has 0 heterocycles. The van der Waals surface area contributed by atoms with E-state index in [0.717, 1.165) is 11.1 Å². The molecule has 0 aliphatic heterocycles. The van der Waals surface area contributed by atoms with Crippen LogP contribution in [0.1, 0.15) is 16.5 Å². The highest BCUT2D eigenvalue weighted by molar-refractivity contribution is 6.30. The molecule has 1 atom stereocenters. The molecule has 20 heavy (non-hydrogen) atoms. The van der Waals surface area contributed by atoms with E-state index >= 15 is 0 Å². The highest BCUT2D eigenvalue weighted by Gasteiger charge is 2.09. The first-order valence-corrected chi connectivity index (χ1v) is 7.17. The van der Waals surface area contributed by atoms with E-state index in [-0.39, 0.29) is 11.3 Å². The fourth-order valence-corrected chi connectivity index (χ4v) is 2.18. The highest BCUT2D eigenvalue weighted by atomic mass is 35.5. The van der Waals surface area contributed by atoms with Crippen LogP contribution >= 0.6 is 23.2 Å². The number of halogens is 2. The molecule has 2 aromatic rings. The molecule has 0 aliphatic carbocycles. The number of rotatable bonds is 5. The van der Waals surface area contributed by atoms with Crippen molar-refractivity contribution in [2.75, 3.05) is 6.54 Å². The molecular weight excluding hydrogens is 293 g/mol. The summed E-state index contributed by atoms with van der Waals surface area (Å²) in [5.41, 5.74) is 1.93. The van der Waals surface area contributed by atoms with Gasteiger partial charge in [-0.3, -0.25) is 4.79 Å². The normalized spacial score (nSPS) is 11.9. The molecule has 104 valence electrons. The molecule has 0 saturated carbocycles. The van der Waals surface area contributed by atoms with Gasteiger partial charge in [-0.15, -0.1) is 11.6 Å². The molecule has 1 N–H and O–H groups in total. The van der Waals surface area contributed by atoms with Gasteiger partial charge in [0.2, 0.25) is 5.91 Å². The maximum absolute atomic E-state index is 11.8. The summed E-state index contributed by atoms with van der Waals surface area (Å²) < 4.78 is 0. The number of hydrogen-bond acceptors (Lipinski definition) is 1. The van der Waals surface area contributed by atoms with E-state index < -0.39 is 0 Å². The largest absolute Gasteiger partial charge is 0.354 e. The van der Waals surface area contributed by atoms with Gasteiger partial charge in [-0.05, 0) is 23.3 Å². The third kappa shape index (κ3) is 4.55. The Morgan fingerprint density at radius 2 is 1.70 bits per heavy atom. The number of nitrogens with one attached hydrogen (secondary N) is 1. The first kappa shape index (κ1) is 14.9. The predicted octanol–water partition coefficient (Wildman–Crippen LogP) is 3.98. The quantitative estimate of drug-likeness (QED) is 0.832. The van der Waals surface area contributed by atoms with E-state index in [2.05, 4.69) is 5.32 Å². The molecule has 1 unspecified atom stereocenters. The van der Waals surface area contributed by atoms with Crippen molar-refractivity contribution in [3.8, 4) is 0 Å². The van der Waals surface area contributed by atoms with E-state index in [9.17, 15) is 4.79 Å². The van der Waals surface area contributed by atoms with Gasteiger partial charge in [-0.25, -0.2) is 0 Å². The van der Waals surface area contributed by atoms with Gasteiger partial charge < -0.3 is 5.32 Å². The molecule has 0 aromatic heterocycles. The lowest BCUT2D eigenvalue weighted by Crippen LogP contribution is -2.28. The first-order valence-electron chi connectivity index (χ1n) is 6.35. The molecule has 2 aromatic carbocycles. The molecule has 0 fully saturated rings. The average molecular weight is 308 g/mol. The smallest absolute Gasteiger partial charge is 0.224 e. The van der Waals surface area contributed by atoms with Gasteiger partial charge in [-0.2, -0.15) is 0 Å². The van der Waals surface area contributed by atoms with Crippen molar-refractivity contribution in [3.63, 3.8) is 0 Å². The molecule has 1 amide bonds. The summed E-state index contributed by atoms with van der Waals surface area (Å²) in [4.78, 5) is 11.8. The number of carbonyl (C=O) groups excluding carboxylic acids is 1. The number of benzene rings is 2. The molecule has 2 rings (SSSR count). The molecule has 0 radical (unpaired) electrons. The Balaban J connectivity index is 1.82. The van der Waals surface area contributed by atoms with Crippen LogP contribution in [0.5, 0.6) is 0 Å². The lowest BCUT2D eigenvalue weighted by atomic mass is 10.1. The van der Waals surface area contributed by atoms with Gasteiger partial charge in [0.25, 0.3) is 0 Å². The van der Waals surface area contributed by atoms with Crippen molar-refractivity contribution in [1.29, 1.82) is 0 Å². The van der Waals surface area contributed by atoms with Crippen molar-refractivity contribution < 1.29 is 4.79 Å². The van der Waals surface area contributed by atoms with Crippen LogP contribution < -0.4 is 5.32 Å². The van der Waals surface area contributed by atoms with E-state index in [0.29, 0.717) is 18.0 Å². The summed E-state index contributed by atoms with van der Waals surface area (Å²) in [6, 6.07) is 16.9. The van der Waals surface area contributed by atoms with Crippen LogP contribution in [0.2, 0.25) is 5.02 Å². The van der Waals surface area contributed by atoms with Gasteiger partial charge in [0, 0.05) is 11.6 Å². The summed E-state index contributed by atoms with van der Waals surface area (Å²) >= 11 is 12.0. The van der Waals surface area contributed by atoms with E-state index in [4.69, 9.17) is 23.2 Å². The number of carbonyl (C=O) groups is 1. The van der Waals surface area contributed by atoms with Crippen LogP contribution in [-0.2, 0) is 11.2 Å². The zero-order valence-electron chi connectivity index (χ0n) is 10.9. The third-order valence-corrected chi connectivity index (χ3v) is 3.58. The number of amides is 1. The SMILES string of the molecule is O=C(Cc1ccc(Cl)cc1)NCC(Cl)c1ccccc1. The van der Waals surface area contributed by atoms with Crippen LogP contribution in [0.3, 0.4) is 0 Å². The average Bonchev–Trinajstić information content (AvgIpc) is 2.48. The summed E-state index contributed by atoms with van der Waals surface area (Å²) in [7, 11) is 0. The molecule has 0 bridgehead atoms. The number of alkyl halides is 1. The molecule has 0 aliphatic rings. The maximum atomic E-state index is 11.8. The van der Waals surface area contributed by atoms with Gasteiger partial charge in [0.1, 0.15) is 0 Å². The van der Waals surface area contributed by atoms with Crippen molar-refractivity contribution in [3.05, 3.63) is 70.7 Å². The lowest BCUT2D eigenvalue weighted by Gasteiger charge is -2.11. The Morgan fingerprint density at radius 3 is 2.35 bits per heavy atom. The second-order valence-electron chi connectivity index (χ2n) is 4.49. The fourth-order valence-electron chi connectivity index (χ4n) is 1.83. The monoisotopic (exact) mass is 307 g/mol. The van der Waals surface area contributed by atoms with Gasteiger partial charge in [-0.1, -0.05) is 54.1 Å². The minimum absolute atomic E-state index is 0.0473. The van der Waals surface area contributed by atoms with Gasteiger partial charge in [0.15, 0.2) is 0 Å².